The third kappa shape index (κ3) is 2.49. The number of rotatable bonds is 4. The number of alkyl halides is 1. The molecule has 0 aliphatic carbocycles. The Balaban J connectivity index is 3.01. The zero-order chi connectivity index (χ0) is 13.1. The quantitative estimate of drug-likeness (QED) is 0.704. The fourth-order valence-corrected chi connectivity index (χ4v) is 2.27. The highest BCUT2D eigenvalue weighted by molar-refractivity contribution is 5.86. The predicted molar refractivity (Wildman–Crippen MR) is 55.3 cm³/mol. The number of methoxy groups -OCH3 is 1. The van der Waals surface area contributed by atoms with Crippen LogP contribution < -0.4 is 0 Å². The van der Waals surface area contributed by atoms with Crippen molar-refractivity contribution in [2.45, 2.75) is 31.0 Å². The topological polar surface area (TPSA) is 87.1 Å². The summed E-state index contributed by atoms with van der Waals surface area (Å²) >= 11 is 0. The smallest absolute Gasteiger partial charge is 0.408 e. The monoisotopic (exact) mass is 249 g/mol. The van der Waals surface area contributed by atoms with Gasteiger partial charge in [0.05, 0.1) is 13.7 Å². The van der Waals surface area contributed by atoms with E-state index in [0.29, 0.717) is 0 Å². The highest BCUT2D eigenvalue weighted by Crippen LogP contribution is 2.36. The first-order valence-electron chi connectivity index (χ1n) is 5.32. The second-order valence-electron chi connectivity index (χ2n) is 4.04. The van der Waals surface area contributed by atoms with Gasteiger partial charge in [0.25, 0.3) is 0 Å². The summed E-state index contributed by atoms with van der Waals surface area (Å²) in [5, 5.41) is 17.8. The summed E-state index contributed by atoms with van der Waals surface area (Å²) in [5.74, 6) is -0.770. The Labute approximate surface area is 98.0 Å². The molecule has 0 unspecified atom stereocenters. The van der Waals surface area contributed by atoms with Gasteiger partial charge in [0.15, 0.2) is 0 Å². The number of esters is 1. The van der Waals surface area contributed by atoms with Crippen molar-refractivity contribution in [2.24, 2.45) is 0 Å². The number of aliphatic hydroxyl groups is 1. The first-order chi connectivity index (χ1) is 7.97. The molecular formula is C10H16FNO5. The lowest BCUT2D eigenvalue weighted by Gasteiger charge is -2.33. The molecule has 0 aromatic rings. The molecule has 0 aromatic carbocycles. The average Bonchev–Trinajstić information content (AvgIpc) is 2.64. The summed E-state index contributed by atoms with van der Waals surface area (Å²) in [7, 11) is 1.13. The molecule has 1 heterocycles. The van der Waals surface area contributed by atoms with Crippen LogP contribution in [0.15, 0.2) is 0 Å². The molecule has 0 bridgehead atoms. The van der Waals surface area contributed by atoms with E-state index in [9.17, 15) is 14.0 Å². The number of nitrogens with zero attached hydrogens (tertiary/aromatic N) is 1. The maximum atomic E-state index is 13.4. The van der Waals surface area contributed by atoms with Crippen LogP contribution in [0.3, 0.4) is 0 Å². The van der Waals surface area contributed by atoms with Gasteiger partial charge in [-0.1, -0.05) is 0 Å². The van der Waals surface area contributed by atoms with Crippen molar-refractivity contribution < 1.29 is 28.9 Å². The van der Waals surface area contributed by atoms with E-state index in [1.807, 2.05) is 0 Å². The largest absolute Gasteiger partial charge is 0.467 e. The van der Waals surface area contributed by atoms with Crippen molar-refractivity contribution in [3.8, 4) is 0 Å². The molecule has 2 N–H and O–H groups in total. The minimum Gasteiger partial charge on any atom is -0.467 e. The van der Waals surface area contributed by atoms with Crippen LogP contribution >= 0.6 is 0 Å². The van der Waals surface area contributed by atoms with Gasteiger partial charge in [0.2, 0.25) is 0 Å². The second kappa shape index (κ2) is 5.31. The number of ether oxygens (including phenoxy) is 1. The van der Waals surface area contributed by atoms with Crippen LogP contribution in [0.25, 0.3) is 0 Å². The fourth-order valence-electron chi connectivity index (χ4n) is 2.27. The molecule has 7 heteroatoms. The number of carbonyl (C=O) groups excluding carboxylic acids is 1. The van der Waals surface area contributed by atoms with Crippen LogP contribution in [0.2, 0.25) is 0 Å². The summed E-state index contributed by atoms with van der Waals surface area (Å²) in [6.45, 7) is -0.529. The van der Waals surface area contributed by atoms with Crippen molar-refractivity contribution in [3.63, 3.8) is 0 Å². The molecule has 0 radical (unpaired) electrons. The Kier molecular flexibility index (Phi) is 4.28. The van der Waals surface area contributed by atoms with Crippen molar-refractivity contribution in [1.82, 2.24) is 4.90 Å². The third-order valence-corrected chi connectivity index (χ3v) is 3.00. The van der Waals surface area contributed by atoms with E-state index in [-0.39, 0.29) is 32.4 Å². The van der Waals surface area contributed by atoms with Gasteiger partial charge in [-0.25, -0.2) is 14.0 Å². The number of hydrogen-bond donors (Lipinski definition) is 2. The zero-order valence-corrected chi connectivity index (χ0v) is 9.56. The van der Waals surface area contributed by atoms with Gasteiger partial charge in [0.1, 0.15) is 11.7 Å². The van der Waals surface area contributed by atoms with E-state index in [1.165, 1.54) is 0 Å². The molecule has 1 aliphatic heterocycles. The molecule has 17 heavy (non-hydrogen) atoms. The zero-order valence-electron chi connectivity index (χ0n) is 9.56. The number of amides is 1. The highest BCUT2D eigenvalue weighted by atomic mass is 19.1. The third-order valence-electron chi connectivity index (χ3n) is 3.00. The van der Waals surface area contributed by atoms with Gasteiger partial charge in [-0.15, -0.1) is 0 Å². The van der Waals surface area contributed by atoms with Crippen LogP contribution in [0.4, 0.5) is 9.18 Å². The summed E-state index contributed by atoms with van der Waals surface area (Å²) in [6, 6.07) is 0. The molecule has 0 aromatic heterocycles. The molecule has 0 saturated carbocycles. The van der Waals surface area contributed by atoms with Crippen LogP contribution in [-0.4, -0.2) is 59.1 Å². The van der Waals surface area contributed by atoms with E-state index < -0.39 is 23.8 Å². The summed E-state index contributed by atoms with van der Waals surface area (Å²) in [4.78, 5) is 23.5. The fraction of sp³-hybridized carbons (Fsp3) is 0.800. The number of hydrogen-bond acceptors (Lipinski definition) is 4. The number of likely N-dealkylation sites (tertiary alicyclic amines) is 1. The Morgan fingerprint density at radius 3 is 2.71 bits per heavy atom. The lowest BCUT2D eigenvalue weighted by molar-refractivity contribution is -0.153. The van der Waals surface area contributed by atoms with Gasteiger partial charge in [-0.05, 0) is 12.8 Å². The van der Waals surface area contributed by atoms with E-state index in [0.717, 1.165) is 12.0 Å². The molecule has 6 nitrogen and oxygen atoms in total. The molecule has 1 amide bonds. The molecule has 1 aliphatic rings. The van der Waals surface area contributed by atoms with Crippen molar-refractivity contribution in [2.75, 3.05) is 20.3 Å². The van der Waals surface area contributed by atoms with Crippen molar-refractivity contribution in [1.29, 1.82) is 0 Å². The number of aliphatic hydroxyl groups excluding tert-OH is 1. The van der Waals surface area contributed by atoms with Gasteiger partial charge in [-0.3, -0.25) is 4.90 Å². The van der Waals surface area contributed by atoms with Crippen LogP contribution in [0.5, 0.6) is 0 Å². The molecule has 1 fully saturated rings. The number of carboxylic acid groups (broad SMARTS) is 1. The predicted octanol–water partition coefficient (Wildman–Crippen LogP) is 0.393. The van der Waals surface area contributed by atoms with Crippen molar-refractivity contribution in [3.05, 3.63) is 0 Å². The number of halogens is 1. The molecule has 1 saturated heterocycles. The molecular weight excluding hydrogens is 233 g/mol. The molecule has 98 valence electrons. The normalized spacial score (nSPS) is 28.2. The first-order valence-corrected chi connectivity index (χ1v) is 5.32. The van der Waals surface area contributed by atoms with Crippen molar-refractivity contribution >= 4 is 12.1 Å². The molecule has 2 atom stereocenters. The standard InChI is InChI=1S/C10H16FNO5/c1-17-8(14)10(3-2-4-13)5-7(11)6-12(10)9(15)16/h7,13H,2-6H2,1H3,(H,15,16)/t7-,10-/m1/s1. The van der Waals surface area contributed by atoms with Crippen LogP contribution in [-0.2, 0) is 9.53 Å². The Morgan fingerprint density at radius 1 is 1.59 bits per heavy atom. The first kappa shape index (κ1) is 13.7. The van der Waals surface area contributed by atoms with Gasteiger partial charge in [0, 0.05) is 13.0 Å². The van der Waals surface area contributed by atoms with E-state index in [4.69, 9.17) is 10.2 Å². The van der Waals surface area contributed by atoms with Crippen LogP contribution in [0.1, 0.15) is 19.3 Å². The lowest BCUT2D eigenvalue weighted by atomic mass is 9.90. The Morgan fingerprint density at radius 2 is 2.24 bits per heavy atom. The molecule has 0 spiro atoms. The summed E-state index contributed by atoms with van der Waals surface area (Å²) in [6.07, 6.45) is -2.68. The summed E-state index contributed by atoms with van der Waals surface area (Å²) in [5.41, 5.74) is -1.50. The second-order valence-corrected chi connectivity index (χ2v) is 4.04. The number of carbonyl (C=O) groups is 2. The van der Waals surface area contributed by atoms with Gasteiger partial charge >= 0.3 is 12.1 Å². The maximum absolute atomic E-state index is 13.4. The lowest BCUT2D eigenvalue weighted by Crippen LogP contribution is -2.53. The molecule has 1 rings (SSSR count). The Bertz CT molecular complexity index is 311. The van der Waals surface area contributed by atoms with E-state index in [2.05, 4.69) is 4.74 Å². The average molecular weight is 249 g/mol. The minimum absolute atomic E-state index is 0.0584. The van der Waals surface area contributed by atoms with E-state index in [1.54, 1.807) is 0 Å². The highest BCUT2D eigenvalue weighted by Gasteiger charge is 2.54. The van der Waals surface area contributed by atoms with Crippen LogP contribution in [0, 0.1) is 0 Å². The van der Waals surface area contributed by atoms with Gasteiger partial charge in [-0.2, -0.15) is 0 Å². The maximum Gasteiger partial charge on any atom is 0.408 e. The minimum atomic E-state index is -1.50. The summed E-state index contributed by atoms with van der Waals surface area (Å²) < 4.78 is 17.9. The van der Waals surface area contributed by atoms with E-state index >= 15 is 0 Å². The van der Waals surface area contributed by atoms with Gasteiger partial charge < -0.3 is 14.9 Å². The SMILES string of the molecule is COC(=O)[C@@]1(CCCO)C[C@@H](F)CN1C(=O)O. The Hall–Kier alpha value is -1.37.